The molecule has 0 amide bonds. The second-order valence-corrected chi connectivity index (χ2v) is 4.29. The van der Waals surface area contributed by atoms with E-state index in [0.29, 0.717) is 6.61 Å². The second kappa shape index (κ2) is 5.68. The summed E-state index contributed by atoms with van der Waals surface area (Å²) in [6, 6.07) is 9.78. The molecule has 1 aromatic carbocycles. The molecule has 17 heavy (non-hydrogen) atoms. The van der Waals surface area contributed by atoms with Crippen molar-refractivity contribution in [2.45, 2.75) is 6.92 Å². The van der Waals surface area contributed by atoms with Crippen molar-refractivity contribution < 1.29 is 4.74 Å². The Balaban J connectivity index is 2.11. The molecule has 2 rings (SSSR count). The molecule has 0 saturated heterocycles. The number of nitrogens with zero attached hydrogens (tertiary/aromatic N) is 1. The molecule has 0 bridgehead atoms. The third-order valence-electron chi connectivity index (χ3n) is 2.22. The molecule has 3 nitrogen and oxygen atoms in total. The molecular formula is C13H13BrN2O. The van der Waals surface area contributed by atoms with Crippen molar-refractivity contribution in [3.8, 4) is 5.75 Å². The van der Waals surface area contributed by atoms with E-state index in [-0.39, 0.29) is 0 Å². The van der Waals surface area contributed by atoms with E-state index in [1.165, 1.54) is 0 Å². The minimum absolute atomic E-state index is 0.683. The minimum atomic E-state index is 0.683. The molecule has 1 heterocycles. The van der Waals surface area contributed by atoms with Crippen LogP contribution in [-0.4, -0.2) is 11.6 Å². The molecule has 2 aromatic rings. The van der Waals surface area contributed by atoms with Gasteiger partial charge in [-0.1, -0.05) is 0 Å². The van der Waals surface area contributed by atoms with E-state index < -0.39 is 0 Å². The van der Waals surface area contributed by atoms with Gasteiger partial charge in [-0.15, -0.1) is 0 Å². The van der Waals surface area contributed by atoms with Gasteiger partial charge in [0.1, 0.15) is 5.75 Å². The lowest BCUT2D eigenvalue weighted by Crippen LogP contribution is -1.93. The van der Waals surface area contributed by atoms with Crippen LogP contribution in [0.2, 0.25) is 0 Å². The second-order valence-electron chi connectivity index (χ2n) is 3.44. The molecule has 0 unspecified atom stereocenters. The molecule has 1 N–H and O–H groups in total. The highest BCUT2D eigenvalue weighted by Gasteiger charge is 1.99. The first-order chi connectivity index (χ1) is 8.29. The van der Waals surface area contributed by atoms with Crippen molar-refractivity contribution in [3.05, 3.63) is 47.2 Å². The maximum atomic E-state index is 5.39. The van der Waals surface area contributed by atoms with Crippen LogP contribution in [0, 0.1) is 0 Å². The monoisotopic (exact) mass is 292 g/mol. The fourth-order valence-corrected chi connectivity index (χ4v) is 1.78. The first kappa shape index (κ1) is 11.9. The van der Waals surface area contributed by atoms with Gasteiger partial charge in [0, 0.05) is 18.1 Å². The highest BCUT2D eigenvalue weighted by atomic mass is 79.9. The van der Waals surface area contributed by atoms with Gasteiger partial charge in [0.2, 0.25) is 0 Å². The lowest BCUT2D eigenvalue weighted by Gasteiger charge is -2.09. The number of hydrogen-bond donors (Lipinski definition) is 1. The molecule has 0 atom stereocenters. The number of rotatable bonds is 4. The molecule has 0 aliphatic rings. The summed E-state index contributed by atoms with van der Waals surface area (Å²) < 4.78 is 6.33. The van der Waals surface area contributed by atoms with Crippen LogP contribution >= 0.6 is 15.9 Å². The normalized spacial score (nSPS) is 10.0. The summed E-state index contributed by atoms with van der Waals surface area (Å²) in [6.07, 6.45) is 3.51. The van der Waals surface area contributed by atoms with Crippen LogP contribution < -0.4 is 10.1 Å². The number of aromatic nitrogens is 1. The Bertz CT molecular complexity index is 485. The van der Waals surface area contributed by atoms with E-state index in [9.17, 15) is 0 Å². The highest BCUT2D eigenvalue weighted by molar-refractivity contribution is 9.10. The SMILES string of the molecule is CCOc1ccc(Nc2ccncc2Br)cc1. The van der Waals surface area contributed by atoms with Gasteiger partial charge in [0.15, 0.2) is 0 Å². The number of halogens is 1. The number of ether oxygens (including phenoxy) is 1. The Morgan fingerprint density at radius 3 is 2.65 bits per heavy atom. The Hall–Kier alpha value is -1.55. The molecule has 0 fully saturated rings. The number of benzene rings is 1. The summed E-state index contributed by atoms with van der Waals surface area (Å²) in [7, 11) is 0. The molecule has 0 saturated carbocycles. The lowest BCUT2D eigenvalue weighted by atomic mass is 10.3. The van der Waals surface area contributed by atoms with E-state index in [1.807, 2.05) is 37.3 Å². The van der Waals surface area contributed by atoms with Crippen LogP contribution in [0.15, 0.2) is 47.2 Å². The van der Waals surface area contributed by atoms with Crippen molar-refractivity contribution in [2.24, 2.45) is 0 Å². The molecule has 4 heteroatoms. The zero-order valence-electron chi connectivity index (χ0n) is 9.48. The summed E-state index contributed by atoms with van der Waals surface area (Å²) in [5, 5.41) is 3.30. The van der Waals surface area contributed by atoms with E-state index in [1.54, 1.807) is 12.4 Å². The predicted molar refractivity (Wildman–Crippen MR) is 72.8 cm³/mol. The van der Waals surface area contributed by atoms with Gasteiger partial charge in [-0.2, -0.15) is 0 Å². The summed E-state index contributed by atoms with van der Waals surface area (Å²) in [6.45, 7) is 2.66. The van der Waals surface area contributed by atoms with Crippen LogP contribution in [0.5, 0.6) is 5.75 Å². The smallest absolute Gasteiger partial charge is 0.119 e. The summed E-state index contributed by atoms with van der Waals surface area (Å²) in [5.41, 5.74) is 2.00. The van der Waals surface area contributed by atoms with Crippen molar-refractivity contribution in [3.63, 3.8) is 0 Å². The third kappa shape index (κ3) is 3.20. The van der Waals surface area contributed by atoms with E-state index in [4.69, 9.17) is 4.74 Å². The Morgan fingerprint density at radius 2 is 2.00 bits per heavy atom. The van der Waals surface area contributed by atoms with Gasteiger partial charge < -0.3 is 10.1 Å². The topological polar surface area (TPSA) is 34.1 Å². The molecule has 0 aliphatic carbocycles. The fourth-order valence-electron chi connectivity index (χ4n) is 1.43. The maximum Gasteiger partial charge on any atom is 0.119 e. The van der Waals surface area contributed by atoms with E-state index in [0.717, 1.165) is 21.6 Å². The number of nitrogens with one attached hydrogen (secondary N) is 1. The van der Waals surface area contributed by atoms with E-state index in [2.05, 4.69) is 26.2 Å². The highest BCUT2D eigenvalue weighted by Crippen LogP contribution is 2.25. The van der Waals surface area contributed by atoms with Crippen LogP contribution in [0.1, 0.15) is 6.92 Å². The largest absolute Gasteiger partial charge is 0.494 e. The summed E-state index contributed by atoms with van der Waals surface area (Å²) >= 11 is 3.44. The predicted octanol–water partition coefficient (Wildman–Crippen LogP) is 3.99. The summed E-state index contributed by atoms with van der Waals surface area (Å²) in [5.74, 6) is 0.881. The van der Waals surface area contributed by atoms with Crippen molar-refractivity contribution in [1.82, 2.24) is 4.98 Å². The average molecular weight is 293 g/mol. The minimum Gasteiger partial charge on any atom is -0.494 e. The van der Waals surface area contributed by atoms with Crippen molar-refractivity contribution in [2.75, 3.05) is 11.9 Å². The lowest BCUT2D eigenvalue weighted by molar-refractivity contribution is 0.340. The van der Waals surface area contributed by atoms with Crippen LogP contribution in [0.4, 0.5) is 11.4 Å². The van der Waals surface area contributed by atoms with Gasteiger partial charge in [0.05, 0.1) is 16.8 Å². The Morgan fingerprint density at radius 1 is 1.24 bits per heavy atom. The standard InChI is InChI=1S/C13H13BrN2O/c1-2-17-11-5-3-10(4-6-11)16-13-7-8-15-9-12(13)14/h3-9H,2H2,1H3,(H,15,16). The van der Waals surface area contributed by atoms with Crippen LogP contribution in [0.3, 0.4) is 0 Å². The zero-order valence-corrected chi connectivity index (χ0v) is 11.1. The van der Waals surface area contributed by atoms with Gasteiger partial charge in [0.25, 0.3) is 0 Å². The van der Waals surface area contributed by atoms with Crippen molar-refractivity contribution in [1.29, 1.82) is 0 Å². The number of pyridine rings is 1. The molecule has 88 valence electrons. The number of anilines is 2. The fraction of sp³-hybridized carbons (Fsp3) is 0.154. The van der Waals surface area contributed by atoms with Crippen LogP contribution in [-0.2, 0) is 0 Å². The summed E-state index contributed by atoms with van der Waals surface area (Å²) in [4.78, 5) is 4.02. The molecule has 0 radical (unpaired) electrons. The zero-order chi connectivity index (χ0) is 12.1. The number of hydrogen-bond acceptors (Lipinski definition) is 3. The molecular weight excluding hydrogens is 280 g/mol. The maximum absolute atomic E-state index is 5.39. The van der Waals surface area contributed by atoms with Crippen LogP contribution in [0.25, 0.3) is 0 Å². The van der Waals surface area contributed by atoms with Gasteiger partial charge >= 0.3 is 0 Å². The Kier molecular flexibility index (Phi) is 3.98. The van der Waals surface area contributed by atoms with Gasteiger partial charge in [-0.25, -0.2) is 0 Å². The van der Waals surface area contributed by atoms with Crippen molar-refractivity contribution >= 4 is 27.3 Å². The Labute approximate surface area is 109 Å². The molecule has 1 aromatic heterocycles. The molecule has 0 aliphatic heterocycles. The quantitative estimate of drug-likeness (QED) is 0.925. The van der Waals surface area contributed by atoms with Gasteiger partial charge in [-0.3, -0.25) is 4.98 Å². The van der Waals surface area contributed by atoms with Gasteiger partial charge in [-0.05, 0) is 53.2 Å². The third-order valence-corrected chi connectivity index (χ3v) is 2.85. The average Bonchev–Trinajstić information content (AvgIpc) is 2.35. The first-order valence-corrected chi connectivity index (χ1v) is 6.18. The molecule has 0 spiro atoms. The first-order valence-electron chi connectivity index (χ1n) is 5.39. The van der Waals surface area contributed by atoms with E-state index >= 15 is 0 Å².